The van der Waals surface area contributed by atoms with Gasteiger partial charge < -0.3 is 19.7 Å². The first-order valence-electron chi connectivity index (χ1n) is 9.69. The van der Waals surface area contributed by atoms with Gasteiger partial charge in [0.15, 0.2) is 11.5 Å². The maximum Gasteiger partial charge on any atom is 0.343 e. The topological polar surface area (TPSA) is 136 Å². The van der Waals surface area contributed by atoms with E-state index >= 15 is 0 Å². The van der Waals surface area contributed by atoms with Crippen molar-refractivity contribution < 1.29 is 34.2 Å². The molecule has 168 valence electrons. The quantitative estimate of drug-likeness (QED) is 0.154. The number of nitro groups is 1. The van der Waals surface area contributed by atoms with Gasteiger partial charge >= 0.3 is 11.9 Å². The minimum absolute atomic E-state index is 0.0610. The smallest absolute Gasteiger partial charge is 0.343 e. The van der Waals surface area contributed by atoms with Crippen LogP contribution in [0.3, 0.4) is 0 Å². The Balaban J connectivity index is 2.04. The van der Waals surface area contributed by atoms with E-state index in [0.29, 0.717) is 0 Å². The molecule has 3 aromatic carbocycles. The number of benzene rings is 3. The van der Waals surface area contributed by atoms with Gasteiger partial charge in [-0.05, 0) is 23.3 Å². The fourth-order valence-electron chi connectivity index (χ4n) is 2.91. The van der Waals surface area contributed by atoms with Crippen LogP contribution >= 0.6 is 0 Å². The molecular weight excluding hydrogens is 430 g/mol. The molecule has 0 radical (unpaired) electrons. The number of nitro benzene ring substituents is 1. The normalized spacial score (nSPS) is 10.2. The predicted molar refractivity (Wildman–Crippen MR) is 118 cm³/mol. The minimum Gasteiger partial charge on any atom is -0.485 e. The number of carboxylic acid groups (broad SMARTS) is 2. The lowest BCUT2D eigenvalue weighted by Gasteiger charge is -2.14. The second-order valence-corrected chi connectivity index (χ2v) is 6.83. The summed E-state index contributed by atoms with van der Waals surface area (Å²) < 4.78 is 11.6. The third-order valence-electron chi connectivity index (χ3n) is 4.52. The molecule has 0 fully saturated rings. The number of carboxylic acids is 2. The number of aliphatic carboxylic acids is 2. The fraction of sp³-hybridized carbons (Fsp3) is 0.0833. The number of nitrogens with zero attached hydrogens (tertiary/aromatic N) is 1. The molecule has 3 rings (SSSR count). The van der Waals surface area contributed by atoms with E-state index in [1.54, 1.807) is 0 Å². The summed E-state index contributed by atoms with van der Waals surface area (Å²) in [6, 6.07) is 20.5. The summed E-state index contributed by atoms with van der Waals surface area (Å²) in [4.78, 5) is 33.4. The molecule has 0 unspecified atom stereocenters. The lowest BCUT2D eigenvalue weighted by molar-refractivity contribution is -0.385. The Kier molecular flexibility index (Phi) is 7.38. The monoisotopic (exact) mass is 449 g/mol. The van der Waals surface area contributed by atoms with Crippen molar-refractivity contribution >= 4 is 23.7 Å². The van der Waals surface area contributed by atoms with Crippen molar-refractivity contribution in [2.24, 2.45) is 0 Å². The van der Waals surface area contributed by atoms with Crippen molar-refractivity contribution in [3.63, 3.8) is 0 Å². The fourth-order valence-corrected chi connectivity index (χ4v) is 2.91. The molecular formula is C24H19NO8. The highest BCUT2D eigenvalue weighted by atomic mass is 16.6. The molecule has 0 heterocycles. The average Bonchev–Trinajstić information content (AvgIpc) is 2.80. The Morgan fingerprint density at radius 3 is 1.70 bits per heavy atom. The molecule has 0 aliphatic carbocycles. The maximum absolute atomic E-state index is 11.6. The second-order valence-electron chi connectivity index (χ2n) is 6.83. The van der Waals surface area contributed by atoms with E-state index in [0.717, 1.165) is 23.3 Å². The Morgan fingerprint density at radius 1 is 0.818 bits per heavy atom. The van der Waals surface area contributed by atoms with Crippen LogP contribution in [0.15, 0.2) is 78.4 Å². The number of ether oxygens (including phenoxy) is 2. The van der Waals surface area contributed by atoms with Crippen molar-refractivity contribution in [2.75, 3.05) is 0 Å². The van der Waals surface area contributed by atoms with Gasteiger partial charge in [0, 0.05) is 0 Å². The summed E-state index contributed by atoms with van der Waals surface area (Å²) in [6.07, 6.45) is 0.721. The van der Waals surface area contributed by atoms with Crippen LogP contribution in [0.2, 0.25) is 0 Å². The van der Waals surface area contributed by atoms with Gasteiger partial charge in [-0.2, -0.15) is 0 Å². The van der Waals surface area contributed by atoms with E-state index in [2.05, 4.69) is 0 Å². The van der Waals surface area contributed by atoms with Crippen molar-refractivity contribution in [1.82, 2.24) is 0 Å². The summed E-state index contributed by atoms with van der Waals surface area (Å²) in [6.45, 7) is 0.207. The summed E-state index contributed by atoms with van der Waals surface area (Å²) in [5, 5.41) is 29.9. The van der Waals surface area contributed by atoms with E-state index in [4.69, 9.17) is 19.7 Å². The van der Waals surface area contributed by atoms with E-state index < -0.39 is 28.1 Å². The minimum atomic E-state index is -1.73. The van der Waals surface area contributed by atoms with Gasteiger partial charge in [0.1, 0.15) is 18.8 Å². The summed E-state index contributed by atoms with van der Waals surface area (Å²) in [7, 11) is 0. The lowest BCUT2D eigenvalue weighted by atomic mass is 10.1. The van der Waals surface area contributed by atoms with Crippen molar-refractivity contribution in [3.05, 3.63) is 105 Å². The predicted octanol–water partition coefficient (Wildman–Crippen LogP) is 4.31. The highest BCUT2D eigenvalue weighted by molar-refractivity contribution is 6.16. The first-order valence-corrected chi connectivity index (χ1v) is 9.69. The molecule has 0 aromatic heterocycles. The van der Waals surface area contributed by atoms with Crippen molar-refractivity contribution in [3.8, 4) is 11.5 Å². The van der Waals surface area contributed by atoms with Gasteiger partial charge in [0.25, 0.3) is 5.69 Å². The van der Waals surface area contributed by atoms with Crippen LogP contribution in [0, 0.1) is 10.1 Å². The van der Waals surface area contributed by atoms with Gasteiger partial charge in [0.2, 0.25) is 0 Å². The largest absolute Gasteiger partial charge is 0.485 e. The molecule has 3 aromatic rings. The molecule has 0 saturated carbocycles. The second kappa shape index (κ2) is 10.6. The molecule has 33 heavy (non-hydrogen) atoms. The van der Waals surface area contributed by atoms with Crippen LogP contribution in [-0.4, -0.2) is 27.1 Å². The molecule has 0 atom stereocenters. The third kappa shape index (κ3) is 6.17. The summed E-state index contributed by atoms with van der Waals surface area (Å²) >= 11 is 0. The SMILES string of the molecule is O=C(O)C(=Cc1cc(OCc2ccccc2)c(OCc2ccccc2)cc1[N+](=O)[O-])C(=O)O. The maximum atomic E-state index is 11.6. The molecule has 0 saturated heterocycles. The number of carbonyl (C=O) groups is 2. The molecule has 0 spiro atoms. The molecule has 9 nitrogen and oxygen atoms in total. The molecule has 0 amide bonds. The van der Waals surface area contributed by atoms with Crippen LogP contribution < -0.4 is 9.47 Å². The Morgan fingerprint density at radius 2 is 1.27 bits per heavy atom. The van der Waals surface area contributed by atoms with E-state index in [1.807, 2.05) is 60.7 Å². The van der Waals surface area contributed by atoms with Crippen LogP contribution in [0.1, 0.15) is 16.7 Å². The van der Waals surface area contributed by atoms with Crippen LogP contribution in [0.4, 0.5) is 5.69 Å². The van der Waals surface area contributed by atoms with Gasteiger partial charge in [-0.15, -0.1) is 0 Å². The van der Waals surface area contributed by atoms with Gasteiger partial charge in [0.05, 0.1) is 16.6 Å². The van der Waals surface area contributed by atoms with Gasteiger partial charge in [-0.1, -0.05) is 60.7 Å². The zero-order chi connectivity index (χ0) is 23.8. The highest BCUT2D eigenvalue weighted by Gasteiger charge is 2.23. The highest BCUT2D eigenvalue weighted by Crippen LogP contribution is 2.37. The molecule has 2 N–H and O–H groups in total. The van der Waals surface area contributed by atoms with Gasteiger partial charge in [-0.25, -0.2) is 9.59 Å². The Labute approximate surface area is 188 Å². The number of hydrogen-bond acceptors (Lipinski definition) is 6. The van der Waals surface area contributed by atoms with Crippen LogP contribution in [-0.2, 0) is 22.8 Å². The summed E-state index contributed by atoms with van der Waals surface area (Å²) in [5.41, 5.74) is -0.152. The number of rotatable bonds is 10. The van der Waals surface area contributed by atoms with Crippen molar-refractivity contribution in [2.45, 2.75) is 13.2 Å². The zero-order valence-corrected chi connectivity index (χ0v) is 17.2. The van der Waals surface area contributed by atoms with Gasteiger partial charge in [-0.3, -0.25) is 10.1 Å². The summed E-state index contributed by atoms with van der Waals surface area (Å²) in [5.74, 6) is -3.30. The molecule has 0 bridgehead atoms. The van der Waals surface area contributed by atoms with E-state index in [9.17, 15) is 19.7 Å². The Hall–Kier alpha value is -4.66. The molecule has 9 heteroatoms. The zero-order valence-electron chi connectivity index (χ0n) is 17.2. The lowest BCUT2D eigenvalue weighted by Crippen LogP contribution is -2.11. The first-order chi connectivity index (χ1) is 15.8. The van der Waals surface area contributed by atoms with E-state index in [-0.39, 0.29) is 30.3 Å². The van der Waals surface area contributed by atoms with Crippen LogP contribution in [0.25, 0.3) is 6.08 Å². The Bertz CT molecular complexity index is 1170. The molecule has 0 aliphatic heterocycles. The molecule has 0 aliphatic rings. The van der Waals surface area contributed by atoms with Crippen LogP contribution in [0.5, 0.6) is 11.5 Å². The third-order valence-corrected chi connectivity index (χ3v) is 4.52. The standard InChI is InChI=1S/C24H19NO8/c26-23(27)19(24(28)29)11-18-12-21(32-14-16-7-3-1-4-8-16)22(13-20(18)25(30)31)33-15-17-9-5-2-6-10-17/h1-13H,14-15H2,(H,26,27)(H,28,29). The number of hydrogen-bond donors (Lipinski definition) is 2. The van der Waals surface area contributed by atoms with Crippen molar-refractivity contribution in [1.29, 1.82) is 0 Å². The average molecular weight is 449 g/mol. The first kappa shape index (κ1) is 23.0. The van der Waals surface area contributed by atoms with E-state index in [1.165, 1.54) is 6.07 Å².